The Hall–Kier alpha value is -3.63. The molecule has 2 aromatic carbocycles. The first-order valence-electron chi connectivity index (χ1n) is 8.09. The van der Waals surface area contributed by atoms with Crippen molar-refractivity contribution >= 4 is 39.6 Å². The second kappa shape index (κ2) is 8.37. The van der Waals surface area contributed by atoms with E-state index in [0.717, 1.165) is 0 Å². The van der Waals surface area contributed by atoms with Gasteiger partial charge in [0.2, 0.25) is 0 Å². The molecule has 0 aliphatic carbocycles. The highest BCUT2D eigenvalue weighted by atomic mass is 79.9. The van der Waals surface area contributed by atoms with Gasteiger partial charge in [-0.15, -0.1) is 0 Å². The van der Waals surface area contributed by atoms with Crippen LogP contribution < -0.4 is 5.32 Å². The number of nitrogens with zero attached hydrogens (tertiary/aromatic N) is 1. The summed E-state index contributed by atoms with van der Waals surface area (Å²) in [6, 6.07) is 18.4. The van der Waals surface area contributed by atoms with E-state index in [9.17, 15) is 14.9 Å². The largest absolute Gasteiger partial charge is 0.478 e. The van der Waals surface area contributed by atoms with Crippen molar-refractivity contribution in [1.29, 1.82) is 5.26 Å². The zero-order valence-electron chi connectivity index (χ0n) is 14.3. The van der Waals surface area contributed by atoms with Crippen LogP contribution in [0.25, 0.3) is 17.4 Å². The number of carbonyl (C=O) groups is 2. The van der Waals surface area contributed by atoms with E-state index in [1.807, 2.05) is 12.1 Å². The van der Waals surface area contributed by atoms with Crippen LogP contribution in [0, 0.1) is 11.3 Å². The molecule has 0 spiro atoms. The molecule has 138 valence electrons. The molecule has 0 atom stereocenters. The Morgan fingerprint density at radius 3 is 2.43 bits per heavy atom. The predicted octanol–water partition coefficient (Wildman–Crippen LogP) is 4.95. The van der Waals surface area contributed by atoms with Crippen molar-refractivity contribution in [1.82, 2.24) is 0 Å². The van der Waals surface area contributed by atoms with Gasteiger partial charge in [0.1, 0.15) is 23.2 Å². The third-order valence-corrected chi connectivity index (χ3v) is 4.51. The average molecular weight is 437 g/mol. The summed E-state index contributed by atoms with van der Waals surface area (Å²) in [7, 11) is 0. The molecule has 2 N–H and O–H groups in total. The van der Waals surface area contributed by atoms with Crippen LogP contribution >= 0.6 is 15.9 Å². The molecule has 0 unspecified atom stereocenters. The third-order valence-electron chi connectivity index (χ3n) is 3.82. The van der Waals surface area contributed by atoms with E-state index < -0.39 is 11.9 Å². The fraction of sp³-hybridized carbons (Fsp3) is 0. The molecule has 1 heterocycles. The van der Waals surface area contributed by atoms with Crippen LogP contribution in [-0.2, 0) is 4.79 Å². The van der Waals surface area contributed by atoms with Crippen LogP contribution in [0.15, 0.2) is 75.1 Å². The molecule has 0 aliphatic rings. The van der Waals surface area contributed by atoms with E-state index >= 15 is 0 Å². The van der Waals surface area contributed by atoms with Gasteiger partial charge in [-0.25, -0.2) is 4.79 Å². The molecule has 7 heteroatoms. The normalized spacial score (nSPS) is 10.9. The maximum Gasteiger partial charge on any atom is 0.335 e. The van der Waals surface area contributed by atoms with Gasteiger partial charge in [0, 0.05) is 16.1 Å². The Labute approximate surface area is 168 Å². The number of halogens is 1. The smallest absolute Gasteiger partial charge is 0.335 e. The molecule has 6 nitrogen and oxygen atoms in total. The van der Waals surface area contributed by atoms with Crippen LogP contribution in [-0.4, -0.2) is 17.0 Å². The Kier molecular flexibility index (Phi) is 5.72. The quantitative estimate of drug-likeness (QED) is 0.434. The molecular weight excluding hydrogens is 424 g/mol. The maximum atomic E-state index is 12.4. The minimum absolute atomic E-state index is 0.113. The summed E-state index contributed by atoms with van der Waals surface area (Å²) < 4.78 is 6.36. The van der Waals surface area contributed by atoms with Gasteiger partial charge in [-0.1, -0.05) is 24.3 Å². The Bertz CT molecular complexity index is 1110. The van der Waals surface area contributed by atoms with Crippen LogP contribution in [0.4, 0.5) is 5.69 Å². The minimum Gasteiger partial charge on any atom is -0.478 e. The van der Waals surface area contributed by atoms with Crippen molar-refractivity contribution in [3.05, 3.63) is 82.0 Å². The van der Waals surface area contributed by atoms with Crippen LogP contribution in [0.1, 0.15) is 16.1 Å². The fourth-order valence-corrected chi connectivity index (χ4v) is 2.79. The first-order chi connectivity index (χ1) is 13.5. The Balaban J connectivity index is 1.80. The molecule has 0 aliphatic heterocycles. The molecule has 0 fully saturated rings. The zero-order valence-corrected chi connectivity index (χ0v) is 15.9. The standard InChI is InChI=1S/C21H13BrN2O4/c22-17-3-1-2-4-18(17)24-20(25)15(12-23)11-16-9-10-19(28-16)13-5-7-14(8-6-13)21(26)27/h1-11H,(H,24,25)(H,26,27)/b15-11-. The number of carboxylic acids is 1. The van der Waals surface area contributed by atoms with E-state index in [2.05, 4.69) is 21.2 Å². The maximum absolute atomic E-state index is 12.4. The number of hydrogen-bond donors (Lipinski definition) is 2. The highest BCUT2D eigenvalue weighted by Crippen LogP contribution is 2.25. The first kappa shape index (κ1) is 19.1. The van der Waals surface area contributed by atoms with Crippen LogP contribution in [0.2, 0.25) is 0 Å². The Morgan fingerprint density at radius 2 is 1.79 bits per heavy atom. The average Bonchev–Trinajstić information content (AvgIpc) is 3.16. The highest BCUT2D eigenvalue weighted by Gasteiger charge is 2.13. The lowest BCUT2D eigenvalue weighted by atomic mass is 10.1. The van der Waals surface area contributed by atoms with Gasteiger partial charge >= 0.3 is 5.97 Å². The van der Waals surface area contributed by atoms with E-state index in [1.54, 1.807) is 42.5 Å². The van der Waals surface area contributed by atoms with Gasteiger partial charge in [-0.3, -0.25) is 4.79 Å². The molecule has 0 bridgehead atoms. The number of benzene rings is 2. The number of aromatic carboxylic acids is 1. The van der Waals surface area contributed by atoms with Crippen molar-refractivity contribution < 1.29 is 19.1 Å². The van der Waals surface area contributed by atoms with Crippen molar-refractivity contribution in [3.63, 3.8) is 0 Å². The topological polar surface area (TPSA) is 103 Å². The third kappa shape index (κ3) is 4.37. The molecule has 0 radical (unpaired) electrons. The number of nitrogens with one attached hydrogen (secondary N) is 1. The van der Waals surface area contributed by atoms with E-state index in [4.69, 9.17) is 9.52 Å². The molecule has 3 rings (SSSR count). The van der Waals surface area contributed by atoms with Crippen molar-refractivity contribution in [3.8, 4) is 17.4 Å². The van der Waals surface area contributed by atoms with Crippen molar-refractivity contribution in [2.75, 3.05) is 5.32 Å². The van der Waals surface area contributed by atoms with E-state index in [1.165, 1.54) is 18.2 Å². The number of para-hydroxylation sites is 1. The SMILES string of the molecule is N#C/C(=C/c1ccc(-c2ccc(C(=O)O)cc2)o1)C(=O)Nc1ccccc1Br. The summed E-state index contributed by atoms with van der Waals surface area (Å²) in [6.07, 6.45) is 1.35. The minimum atomic E-state index is -1.01. The number of anilines is 1. The molecular formula is C21H13BrN2O4. The number of carboxylic acid groups (broad SMARTS) is 1. The van der Waals surface area contributed by atoms with E-state index in [-0.39, 0.29) is 11.1 Å². The number of amides is 1. The van der Waals surface area contributed by atoms with Gasteiger partial charge in [0.25, 0.3) is 5.91 Å². The van der Waals surface area contributed by atoms with Gasteiger partial charge in [-0.05, 0) is 52.3 Å². The second-order valence-electron chi connectivity index (χ2n) is 5.69. The summed E-state index contributed by atoms with van der Waals surface area (Å²) >= 11 is 3.33. The van der Waals surface area contributed by atoms with Gasteiger partial charge in [0.05, 0.1) is 11.3 Å². The van der Waals surface area contributed by atoms with Gasteiger partial charge in [0.15, 0.2) is 0 Å². The summed E-state index contributed by atoms with van der Waals surface area (Å²) in [6.45, 7) is 0. The first-order valence-corrected chi connectivity index (χ1v) is 8.88. The summed E-state index contributed by atoms with van der Waals surface area (Å²) in [4.78, 5) is 23.3. The summed E-state index contributed by atoms with van der Waals surface area (Å²) in [5, 5.41) is 20.9. The van der Waals surface area contributed by atoms with Crippen molar-refractivity contribution in [2.45, 2.75) is 0 Å². The molecule has 28 heavy (non-hydrogen) atoms. The van der Waals surface area contributed by atoms with Gasteiger partial charge < -0.3 is 14.8 Å². The number of nitriles is 1. The number of carbonyl (C=O) groups excluding carboxylic acids is 1. The lowest BCUT2D eigenvalue weighted by Gasteiger charge is -2.05. The summed E-state index contributed by atoms with van der Waals surface area (Å²) in [5.74, 6) is -0.745. The zero-order chi connectivity index (χ0) is 20.1. The van der Waals surface area contributed by atoms with E-state index in [0.29, 0.717) is 27.2 Å². The molecule has 1 aromatic heterocycles. The monoisotopic (exact) mass is 436 g/mol. The number of hydrogen-bond acceptors (Lipinski definition) is 4. The predicted molar refractivity (Wildman–Crippen MR) is 107 cm³/mol. The highest BCUT2D eigenvalue weighted by molar-refractivity contribution is 9.10. The molecule has 0 saturated heterocycles. The molecule has 3 aromatic rings. The van der Waals surface area contributed by atoms with Gasteiger partial charge in [-0.2, -0.15) is 5.26 Å². The van der Waals surface area contributed by atoms with Crippen LogP contribution in [0.5, 0.6) is 0 Å². The number of rotatable bonds is 5. The lowest BCUT2D eigenvalue weighted by Crippen LogP contribution is -2.13. The molecule has 0 saturated carbocycles. The van der Waals surface area contributed by atoms with Crippen molar-refractivity contribution in [2.24, 2.45) is 0 Å². The fourth-order valence-electron chi connectivity index (χ4n) is 2.41. The second-order valence-corrected chi connectivity index (χ2v) is 6.54. The molecule has 1 amide bonds. The Morgan fingerprint density at radius 1 is 1.07 bits per heavy atom. The summed E-state index contributed by atoms with van der Waals surface area (Å²) in [5.41, 5.74) is 1.29. The van der Waals surface area contributed by atoms with Crippen LogP contribution in [0.3, 0.4) is 0 Å². The number of furan rings is 1. The lowest BCUT2D eigenvalue weighted by molar-refractivity contribution is -0.112.